The molecule has 0 saturated carbocycles. The number of hydrogen-bond acceptors (Lipinski definition) is 7. The van der Waals surface area contributed by atoms with Crippen LogP contribution in [0.3, 0.4) is 0 Å². The van der Waals surface area contributed by atoms with E-state index >= 15 is 0 Å². The highest BCUT2D eigenvalue weighted by atomic mass is 32.1. The summed E-state index contributed by atoms with van der Waals surface area (Å²) in [6.45, 7) is 8.01. The first-order valence-electron chi connectivity index (χ1n) is 9.98. The summed E-state index contributed by atoms with van der Waals surface area (Å²) in [4.78, 5) is 29.1. The van der Waals surface area contributed by atoms with Gasteiger partial charge < -0.3 is 19.5 Å². The molecule has 30 heavy (non-hydrogen) atoms. The molecule has 0 aliphatic carbocycles. The van der Waals surface area contributed by atoms with E-state index in [1.165, 1.54) is 18.4 Å². The van der Waals surface area contributed by atoms with E-state index < -0.39 is 5.97 Å². The lowest BCUT2D eigenvalue weighted by molar-refractivity contribution is 0.0526. The number of carbonyl (C=O) groups excluding carboxylic acids is 2. The van der Waals surface area contributed by atoms with Gasteiger partial charge in [-0.2, -0.15) is 0 Å². The highest BCUT2D eigenvalue weighted by Gasteiger charge is 2.30. The molecule has 1 aliphatic rings. The number of rotatable bonds is 7. The van der Waals surface area contributed by atoms with Gasteiger partial charge >= 0.3 is 5.97 Å². The Kier molecular flexibility index (Phi) is 6.99. The molecule has 1 aromatic carbocycles. The Hall–Kier alpha value is -2.58. The zero-order valence-corrected chi connectivity index (χ0v) is 18.9. The second-order valence-corrected chi connectivity index (χ2v) is 8.37. The van der Waals surface area contributed by atoms with Gasteiger partial charge in [-0.1, -0.05) is 0 Å². The van der Waals surface area contributed by atoms with E-state index in [1.54, 1.807) is 32.2 Å². The number of amides is 1. The Morgan fingerprint density at radius 2 is 1.93 bits per heavy atom. The van der Waals surface area contributed by atoms with Crippen molar-refractivity contribution in [1.82, 2.24) is 4.90 Å². The maximum atomic E-state index is 12.9. The second-order valence-electron chi connectivity index (χ2n) is 7.27. The van der Waals surface area contributed by atoms with Crippen molar-refractivity contribution < 1.29 is 23.8 Å². The van der Waals surface area contributed by atoms with Gasteiger partial charge in [0.05, 0.1) is 26.4 Å². The minimum atomic E-state index is -0.393. The second kappa shape index (κ2) is 9.49. The fraction of sp³-hybridized carbons (Fsp3) is 0.455. The van der Waals surface area contributed by atoms with Gasteiger partial charge in [0, 0.05) is 29.6 Å². The van der Waals surface area contributed by atoms with Crippen LogP contribution in [0.1, 0.15) is 51.9 Å². The van der Waals surface area contributed by atoms with Crippen molar-refractivity contribution in [2.24, 2.45) is 0 Å². The Labute approximate surface area is 180 Å². The highest BCUT2D eigenvalue weighted by Crippen LogP contribution is 2.38. The summed E-state index contributed by atoms with van der Waals surface area (Å²) in [5.74, 6) is 0.298. The van der Waals surface area contributed by atoms with Crippen LogP contribution < -0.4 is 14.8 Å². The molecule has 0 radical (unpaired) electrons. The number of nitrogens with zero attached hydrogens (tertiary/aromatic N) is 1. The smallest absolute Gasteiger partial charge is 0.341 e. The van der Waals surface area contributed by atoms with E-state index in [9.17, 15) is 9.59 Å². The molecule has 8 heteroatoms. The number of carbonyl (C=O) groups is 2. The van der Waals surface area contributed by atoms with Crippen LogP contribution in [0, 0.1) is 0 Å². The first-order valence-corrected chi connectivity index (χ1v) is 10.8. The lowest BCUT2D eigenvalue weighted by Crippen LogP contribution is -2.35. The molecule has 1 N–H and O–H groups in total. The third-order valence-corrected chi connectivity index (χ3v) is 6.30. The van der Waals surface area contributed by atoms with Crippen molar-refractivity contribution in [3.63, 3.8) is 0 Å². The SMILES string of the molecule is CCOC(=O)c1c(NC(=O)c2ccc(OC)c(OC)c2)sc2c1CCN(C(C)C)C2. The molecule has 2 aromatic rings. The maximum Gasteiger partial charge on any atom is 0.341 e. The van der Waals surface area contributed by atoms with Crippen LogP contribution in [0.15, 0.2) is 18.2 Å². The van der Waals surface area contributed by atoms with Crippen molar-refractivity contribution >= 4 is 28.2 Å². The molecule has 1 aliphatic heterocycles. The molecule has 1 amide bonds. The van der Waals surface area contributed by atoms with E-state index in [2.05, 4.69) is 24.1 Å². The molecule has 162 valence electrons. The van der Waals surface area contributed by atoms with Gasteiger partial charge in [-0.05, 0) is 51.0 Å². The van der Waals surface area contributed by atoms with E-state index in [-0.39, 0.29) is 12.5 Å². The zero-order valence-electron chi connectivity index (χ0n) is 18.0. The minimum absolute atomic E-state index is 0.282. The summed E-state index contributed by atoms with van der Waals surface area (Å²) in [5.41, 5.74) is 1.88. The molecule has 2 heterocycles. The van der Waals surface area contributed by atoms with Crippen LogP contribution in [0.5, 0.6) is 11.5 Å². The van der Waals surface area contributed by atoms with Gasteiger partial charge in [0.25, 0.3) is 5.91 Å². The molecule has 0 spiro atoms. The van der Waals surface area contributed by atoms with Gasteiger partial charge in [0.15, 0.2) is 11.5 Å². The predicted molar refractivity (Wildman–Crippen MR) is 117 cm³/mol. The summed E-state index contributed by atoms with van der Waals surface area (Å²) in [7, 11) is 3.06. The van der Waals surface area contributed by atoms with Crippen molar-refractivity contribution in [2.45, 2.75) is 39.8 Å². The summed E-state index contributed by atoms with van der Waals surface area (Å²) >= 11 is 1.45. The average molecular weight is 433 g/mol. The van der Waals surface area contributed by atoms with Gasteiger partial charge in [0.2, 0.25) is 0 Å². The van der Waals surface area contributed by atoms with Gasteiger partial charge in [-0.3, -0.25) is 9.69 Å². The lowest BCUT2D eigenvalue weighted by atomic mass is 10.0. The Bertz CT molecular complexity index is 938. The number of anilines is 1. The topological polar surface area (TPSA) is 77.1 Å². The van der Waals surface area contributed by atoms with Crippen molar-refractivity contribution in [3.05, 3.63) is 39.8 Å². The Balaban J connectivity index is 1.93. The summed E-state index contributed by atoms with van der Waals surface area (Å²) in [5, 5.41) is 3.45. The van der Waals surface area contributed by atoms with Gasteiger partial charge in [-0.25, -0.2) is 4.79 Å². The number of methoxy groups -OCH3 is 2. The number of thiophene rings is 1. The van der Waals surface area contributed by atoms with Crippen molar-refractivity contribution in [3.8, 4) is 11.5 Å². The number of nitrogens with one attached hydrogen (secondary N) is 1. The number of hydrogen-bond donors (Lipinski definition) is 1. The quantitative estimate of drug-likeness (QED) is 0.668. The zero-order chi connectivity index (χ0) is 21.8. The number of benzene rings is 1. The molecule has 0 fully saturated rings. The van der Waals surface area contributed by atoms with Crippen LogP contribution in [0.2, 0.25) is 0 Å². The number of ether oxygens (including phenoxy) is 3. The van der Waals surface area contributed by atoms with E-state index in [1.807, 2.05) is 0 Å². The fourth-order valence-corrected chi connectivity index (χ4v) is 4.78. The average Bonchev–Trinajstić information content (AvgIpc) is 3.10. The lowest BCUT2D eigenvalue weighted by Gasteiger charge is -2.30. The number of esters is 1. The van der Waals surface area contributed by atoms with Gasteiger partial charge in [0.1, 0.15) is 5.00 Å². The molecule has 1 aromatic heterocycles. The van der Waals surface area contributed by atoms with Crippen LogP contribution in [-0.2, 0) is 17.7 Å². The van der Waals surface area contributed by atoms with Gasteiger partial charge in [-0.15, -0.1) is 11.3 Å². The van der Waals surface area contributed by atoms with E-state index in [0.717, 1.165) is 30.0 Å². The molecule has 0 unspecified atom stereocenters. The minimum Gasteiger partial charge on any atom is -0.493 e. The van der Waals surface area contributed by atoms with Crippen LogP contribution in [0.4, 0.5) is 5.00 Å². The molecule has 7 nitrogen and oxygen atoms in total. The molecular formula is C22H28N2O5S. The monoisotopic (exact) mass is 432 g/mol. The normalized spacial score (nSPS) is 13.7. The highest BCUT2D eigenvalue weighted by molar-refractivity contribution is 7.17. The van der Waals surface area contributed by atoms with Crippen molar-refractivity contribution in [2.75, 3.05) is 32.7 Å². The molecule has 0 bridgehead atoms. The van der Waals surface area contributed by atoms with Crippen molar-refractivity contribution in [1.29, 1.82) is 0 Å². The summed E-state index contributed by atoms with van der Waals surface area (Å²) in [6, 6.07) is 5.37. The first-order chi connectivity index (χ1) is 14.4. The third-order valence-electron chi connectivity index (χ3n) is 5.17. The van der Waals surface area contributed by atoms with Crippen LogP contribution in [-0.4, -0.2) is 50.2 Å². The fourth-order valence-electron chi connectivity index (χ4n) is 3.52. The van der Waals surface area contributed by atoms with E-state index in [4.69, 9.17) is 14.2 Å². The van der Waals surface area contributed by atoms with E-state index in [0.29, 0.717) is 33.7 Å². The van der Waals surface area contributed by atoms with Crippen LogP contribution in [0.25, 0.3) is 0 Å². The van der Waals surface area contributed by atoms with Crippen LogP contribution >= 0.6 is 11.3 Å². The molecule has 3 rings (SSSR count). The summed E-state index contributed by atoms with van der Waals surface area (Å²) in [6.07, 6.45) is 0.754. The number of fused-ring (bicyclic) bond motifs is 1. The Morgan fingerprint density at radius 3 is 2.57 bits per heavy atom. The third kappa shape index (κ3) is 4.44. The predicted octanol–water partition coefficient (Wildman–Crippen LogP) is 3.96. The molecule has 0 saturated heterocycles. The molecule has 0 atom stereocenters. The maximum absolute atomic E-state index is 12.9. The molecular weight excluding hydrogens is 404 g/mol. The summed E-state index contributed by atoms with van der Waals surface area (Å²) < 4.78 is 15.8. The first kappa shape index (κ1) is 22.1. The largest absolute Gasteiger partial charge is 0.493 e. The standard InChI is InChI=1S/C22H28N2O5S/c1-6-29-22(26)19-15-9-10-24(13(2)3)12-18(15)30-21(19)23-20(25)14-7-8-16(27-4)17(11-14)28-5/h7-8,11,13H,6,9-10,12H2,1-5H3,(H,23,25). The Morgan fingerprint density at radius 1 is 1.20 bits per heavy atom.